The van der Waals surface area contributed by atoms with E-state index in [1.165, 1.54) is 23.5 Å². The number of nitrogens with zero attached hydrogens (tertiary/aromatic N) is 1. The first-order chi connectivity index (χ1) is 13.0. The van der Waals surface area contributed by atoms with E-state index in [2.05, 4.69) is 20.4 Å². The fourth-order valence-electron chi connectivity index (χ4n) is 2.15. The first-order valence-corrected chi connectivity index (χ1v) is 8.64. The van der Waals surface area contributed by atoms with E-state index in [9.17, 15) is 13.6 Å². The first-order valence-electron chi connectivity index (χ1n) is 7.76. The number of aromatic nitrogens is 1. The number of rotatable bonds is 7. The minimum absolute atomic E-state index is 0.0641. The van der Waals surface area contributed by atoms with E-state index in [1.807, 2.05) is 0 Å². The lowest BCUT2D eigenvalue weighted by atomic mass is 10.3. The molecule has 140 valence electrons. The van der Waals surface area contributed by atoms with Gasteiger partial charge in [0.1, 0.15) is 17.2 Å². The number of halogens is 2. The maximum Gasteiger partial charge on any atom is 0.387 e. The Bertz CT molecular complexity index is 899. The smallest absolute Gasteiger partial charge is 0.387 e. The number of amides is 1. The zero-order valence-electron chi connectivity index (χ0n) is 14.1. The van der Waals surface area contributed by atoms with Crippen LogP contribution in [0.15, 0.2) is 53.9 Å². The average Bonchev–Trinajstić information content (AvgIpc) is 3.12. The van der Waals surface area contributed by atoms with Crippen LogP contribution in [0.5, 0.6) is 11.5 Å². The summed E-state index contributed by atoms with van der Waals surface area (Å²) < 4.78 is 33.7. The summed E-state index contributed by atoms with van der Waals surface area (Å²) >= 11 is 1.25. The van der Waals surface area contributed by atoms with Gasteiger partial charge in [-0.1, -0.05) is 0 Å². The van der Waals surface area contributed by atoms with Gasteiger partial charge >= 0.3 is 6.61 Å². The predicted octanol–water partition coefficient (Wildman–Crippen LogP) is 4.75. The number of nitrogens with one attached hydrogen (secondary N) is 2. The molecule has 1 heterocycles. The number of hydrogen-bond acceptors (Lipinski definition) is 6. The molecule has 1 amide bonds. The highest BCUT2D eigenvalue weighted by Gasteiger charge is 2.12. The van der Waals surface area contributed by atoms with Gasteiger partial charge in [-0.05, 0) is 48.5 Å². The summed E-state index contributed by atoms with van der Waals surface area (Å²) in [6, 6.07) is 12.9. The van der Waals surface area contributed by atoms with E-state index >= 15 is 0 Å². The van der Waals surface area contributed by atoms with Crippen LogP contribution in [-0.2, 0) is 0 Å². The summed E-state index contributed by atoms with van der Waals surface area (Å²) in [4.78, 5) is 16.5. The molecule has 6 nitrogen and oxygen atoms in total. The third kappa shape index (κ3) is 5.14. The quantitative estimate of drug-likeness (QED) is 0.608. The Kier molecular flexibility index (Phi) is 5.82. The largest absolute Gasteiger partial charge is 0.497 e. The van der Waals surface area contributed by atoms with Gasteiger partial charge in [-0.2, -0.15) is 8.78 Å². The Hall–Kier alpha value is -3.20. The topological polar surface area (TPSA) is 72.5 Å². The molecule has 0 bridgehead atoms. The van der Waals surface area contributed by atoms with Crippen molar-refractivity contribution in [3.63, 3.8) is 0 Å². The van der Waals surface area contributed by atoms with Gasteiger partial charge < -0.3 is 20.1 Å². The van der Waals surface area contributed by atoms with E-state index in [1.54, 1.807) is 48.9 Å². The zero-order chi connectivity index (χ0) is 19.2. The summed E-state index contributed by atoms with van der Waals surface area (Å²) in [7, 11) is 1.57. The summed E-state index contributed by atoms with van der Waals surface area (Å²) in [6.45, 7) is -2.87. The number of thiazole rings is 1. The highest BCUT2D eigenvalue weighted by atomic mass is 32.1. The third-order valence-corrected chi connectivity index (χ3v) is 4.17. The Morgan fingerprint density at radius 1 is 1.04 bits per heavy atom. The predicted molar refractivity (Wildman–Crippen MR) is 99.4 cm³/mol. The minimum Gasteiger partial charge on any atom is -0.497 e. The Morgan fingerprint density at radius 3 is 2.30 bits per heavy atom. The molecule has 0 saturated carbocycles. The van der Waals surface area contributed by atoms with Crippen LogP contribution < -0.4 is 20.1 Å². The first kappa shape index (κ1) is 18.6. The van der Waals surface area contributed by atoms with Crippen LogP contribution in [0.4, 0.5) is 25.3 Å². The van der Waals surface area contributed by atoms with Gasteiger partial charge in [0.25, 0.3) is 5.91 Å². The van der Waals surface area contributed by atoms with Crippen LogP contribution in [0.25, 0.3) is 0 Å². The average molecular weight is 391 g/mol. The molecular formula is C18H15F2N3O3S. The van der Waals surface area contributed by atoms with Gasteiger partial charge in [-0.15, -0.1) is 11.3 Å². The number of benzene rings is 2. The third-order valence-electron chi connectivity index (χ3n) is 3.42. The Labute approximate surface area is 157 Å². The Balaban J connectivity index is 1.60. The molecule has 3 rings (SSSR count). The SMILES string of the molecule is COc1ccc(NC(=O)c2csc(Nc3ccc(OC(F)F)cc3)n2)cc1. The summed E-state index contributed by atoms with van der Waals surface area (Å²) in [5, 5.41) is 7.87. The molecule has 0 fully saturated rings. The van der Waals surface area contributed by atoms with Crippen LogP contribution in [0, 0.1) is 0 Å². The summed E-state index contributed by atoms with van der Waals surface area (Å²) in [6.07, 6.45) is 0. The highest BCUT2D eigenvalue weighted by Crippen LogP contribution is 2.24. The summed E-state index contributed by atoms with van der Waals surface area (Å²) in [5.74, 6) is 0.414. The van der Waals surface area contributed by atoms with Crippen molar-refractivity contribution in [2.45, 2.75) is 6.61 Å². The van der Waals surface area contributed by atoms with Crippen molar-refractivity contribution >= 4 is 33.8 Å². The van der Waals surface area contributed by atoms with E-state index in [0.717, 1.165) is 0 Å². The molecule has 1 aromatic heterocycles. The van der Waals surface area contributed by atoms with Crippen LogP contribution in [0.3, 0.4) is 0 Å². The van der Waals surface area contributed by atoms with Crippen LogP contribution in [0.2, 0.25) is 0 Å². The van der Waals surface area contributed by atoms with Gasteiger partial charge in [-0.3, -0.25) is 4.79 Å². The lowest BCUT2D eigenvalue weighted by Gasteiger charge is -2.06. The molecule has 9 heteroatoms. The van der Waals surface area contributed by atoms with Gasteiger partial charge in [-0.25, -0.2) is 4.98 Å². The number of hydrogen-bond donors (Lipinski definition) is 2. The molecule has 0 aliphatic heterocycles. The molecule has 0 aliphatic rings. The molecular weight excluding hydrogens is 376 g/mol. The second-order valence-corrected chi connectivity index (χ2v) is 6.11. The fraction of sp³-hybridized carbons (Fsp3) is 0.111. The number of carbonyl (C=O) groups is 1. The molecule has 0 aliphatic carbocycles. The van der Waals surface area contributed by atoms with E-state index < -0.39 is 6.61 Å². The maximum absolute atomic E-state index is 12.3. The number of alkyl halides is 2. The van der Waals surface area contributed by atoms with Crippen LogP contribution in [-0.4, -0.2) is 24.6 Å². The normalized spacial score (nSPS) is 10.5. The van der Waals surface area contributed by atoms with E-state index in [-0.39, 0.29) is 17.4 Å². The van der Waals surface area contributed by atoms with Crippen molar-refractivity contribution in [1.29, 1.82) is 0 Å². The molecule has 27 heavy (non-hydrogen) atoms. The molecule has 0 unspecified atom stereocenters. The molecule has 2 aromatic carbocycles. The maximum atomic E-state index is 12.3. The van der Waals surface area contributed by atoms with Crippen molar-refractivity contribution in [3.05, 3.63) is 59.6 Å². The van der Waals surface area contributed by atoms with E-state index in [0.29, 0.717) is 22.3 Å². The van der Waals surface area contributed by atoms with Gasteiger partial charge in [0.05, 0.1) is 7.11 Å². The van der Waals surface area contributed by atoms with Crippen LogP contribution in [0.1, 0.15) is 10.5 Å². The van der Waals surface area contributed by atoms with Gasteiger partial charge in [0.15, 0.2) is 5.13 Å². The zero-order valence-corrected chi connectivity index (χ0v) is 14.9. The molecule has 0 saturated heterocycles. The fourth-order valence-corrected chi connectivity index (χ4v) is 2.86. The lowest BCUT2D eigenvalue weighted by molar-refractivity contribution is -0.0498. The monoisotopic (exact) mass is 391 g/mol. The van der Waals surface area contributed by atoms with Crippen molar-refractivity contribution in [1.82, 2.24) is 4.98 Å². The molecule has 2 N–H and O–H groups in total. The van der Waals surface area contributed by atoms with Crippen LogP contribution >= 0.6 is 11.3 Å². The number of ether oxygens (including phenoxy) is 2. The second kappa shape index (κ2) is 8.45. The van der Waals surface area contributed by atoms with Gasteiger partial charge in [0, 0.05) is 16.8 Å². The molecule has 0 atom stereocenters. The number of methoxy groups -OCH3 is 1. The van der Waals surface area contributed by atoms with Gasteiger partial charge in [0.2, 0.25) is 0 Å². The lowest BCUT2D eigenvalue weighted by Crippen LogP contribution is -2.12. The molecule has 3 aromatic rings. The minimum atomic E-state index is -2.87. The van der Waals surface area contributed by atoms with Crippen molar-refractivity contribution in [2.24, 2.45) is 0 Å². The van der Waals surface area contributed by atoms with Crippen molar-refractivity contribution in [3.8, 4) is 11.5 Å². The van der Waals surface area contributed by atoms with E-state index in [4.69, 9.17) is 4.74 Å². The number of anilines is 3. The Morgan fingerprint density at radius 2 is 1.67 bits per heavy atom. The standard InChI is InChI=1S/C18H15F2N3O3S/c1-25-13-6-2-11(3-7-13)21-16(24)15-10-27-18(23-15)22-12-4-8-14(9-5-12)26-17(19)20/h2-10,17H,1H3,(H,21,24)(H,22,23). The summed E-state index contributed by atoms with van der Waals surface area (Å²) in [5.41, 5.74) is 1.52. The second-order valence-electron chi connectivity index (χ2n) is 5.25. The number of carbonyl (C=O) groups excluding carboxylic acids is 1. The molecule has 0 spiro atoms. The molecule has 0 radical (unpaired) electrons. The van der Waals surface area contributed by atoms with Crippen molar-refractivity contribution < 1.29 is 23.0 Å². The highest BCUT2D eigenvalue weighted by molar-refractivity contribution is 7.14. The van der Waals surface area contributed by atoms with Crippen molar-refractivity contribution in [2.75, 3.05) is 17.7 Å².